The lowest BCUT2D eigenvalue weighted by molar-refractivity contribution is 0.500. The third-order valence-electron chi connectivity index (χ3n) is 2.91. The van der Waals surface area contributed by atoms with Crippen LogP contribution >= 0.6 is 11.3 Å². The standard InChI is InChI=1S/C13H18N2OS/c1-7-6-12(10(4)16-7)9(3)15-13-14-8(2)11(5)17-13/h6,9H,1-5H3,(H,14,15). The van der Waals surface area contributed by atoms with Gasteiger partial charge < -0.3 is 9.73 Å². The molecular weight excluding hydrogens is 232 g/mol. The molecule has 92 valence electrons. The Balaban J connectivity index is 2.16. The van der Waals surface area contributed by atoms with Crippen LogP contribution in [0.15, 0.2) is 10.5 Å². The van der Waals surface area contributed by atoms with Crippen LogP contribution in [0.25, 0.3) is 0 Å². The van der Waals surface area contributed by atoms with E-state index in [0.29, 0.717) is 0 Å². The van der Waals surface area contributed by atoms with Gasteiger partial charge in [-0.2, -0.15) is 0 Å². The number of anilines is 1. The molecule has 3 nitrogen and oxygen atoms in total. The molecule has 0 aliphatic rings. The molecule has 0 amide bonds. The van der Waals surface area contributed by atoms with E-state index in [1.165, 1.54) is 10.4 Å². The molecular formula is C13H18N2OS. The zero-order chi connectivity index (χ0) is 12.6. The molecule has 0 radical (unpaired) electrons. The molecule has 0 saturated carbocycles. The minimum Gasteiger partial charge on any atom is -0.466 e. The highest BCUT2D eigenvalue weighted by molar-refractivity contribution is 7.15. The van der Waals surface area contributed by atoms with Crippen LogP contribution in [-0.4, -0.2) is 4.98 Å². The van der Waals surface area contributed by atoms with E-state index in [-0.39, 0.29) is 6.04 Å². The molecule has 1 atom stereocenters. The Kier molecular flexibility index (Phi) is 3.24. The molecule has 0 spiro atoms. The molecule has 1 N–H and O–H groups in total. The lowest BCUT2D eigenvalue weighted by Crippen LogP contribution is -2.06. The Bertz CT molecular complexity index is 508. The summed E-state index contributed by atoms with van der Waals surface area (Å²) >= 11 is 1.70. The van der Waals surface area contributed by atoms with Gasteiger partial charge in [0.15, 0.2) is 5.13 Å². The van der Waals surface area contributed by atoms with Crippen LogP contribution in [0, 0.1) is 27.7 Å². The summed E-state index contributed by atoms with van der Waals surface area (Å²) in [5.74, 6) is 1.94. The minimum atomic E-state index is 0.220. The minimum absolute atomic E-state index is 0.220. The third kappa shape index (κ3) is 2.52. The van der Waals surface area contributed by atoms with Crippen molar-refractivity contribution in [2.24, 2.45) is 0 Å². The molecule has 17 heavy (non-hydrogen) atoms. The smallest absolute Gasteiger partial charge is 0.183 e. The van der Waals surface area contributed by atoms with Gasteiger partial charge in [-0.05, 0) is 40.7 Å². The highest BCUT2D eigenvalue weighted by atomic mass is 32.1. The fraction of sp³-hybridized carbons (Fsp3) is 0.462. The molecule has 0 saturated heterocycles. The van der Waals surface area contributed by atoms with Gasteiger partial charge in [0.25, 0.3) is 0 Å². The molecule has 4 heteroatoms. The fourth-order valence-electron chi connectivity index (χ4n) is 1.88. The number of aromatic nitrogens is 1. The molecule has 0 aromatic carbocycles. The molecule has 2 aromatic rings. The Morgan fingerprint density at radius 2 is 2.00 bits per heavy atom. The topological polar surface area (TPSA) is 38.1 Å². The van der Waals surface area contributed by atoms with E-state index in [1.54, 1.807) is 11.3 Å². The quantitative estimate of drug-likeness (QED) is 0.889. The van der Waals surface area contributed by atoms with Crippen LogP contribution in [0.4, 0.5) is 5.13 Å². The van der Waals surface area contributed by atoms with Crippen LogP contribution < -0.4 is 5.32 Å². The number of thiazole rings is 1. The first-order chi connectivity index (χ1) is 7.97. The first kappa shape index (κ1) is 12.2. The van der Waals surface area contributed by atoms with E-state index in [1.807, 2.05) is 20.8 Å². The number of aryl methyl sites for hydroxylation is 4. The molecule has 0 aliphatic heterocycles. The van der Waals surface area contributed by atoms with Crippen LogP contribution in [0.5, 0.6) is 0 Å². The first-order valence-corrected chi connectivity index (χ1v) is 6.56. The molecule has 0 bridgehead atoms. The number of rotatable bonds is 3. The van der Waals surface area contributed by atoms with E-state index in [9.17, 15) is 0 Å². The molecule has 0 aliphatic carbocycles. The summed E-state index contributed by atoms with van der Waals surface area (Å²) in [6.45, 7) is 10.2. The van der Waals surface area contributed by atoms with Gasteiger partial charge in [0.2, 0.25) is 0 Å². The summed E-state index contributed by atoms with van der Waals surface area (Å²) in [6, 6.07) is 2.30. The van der Waals surface area contributed by atoms with E-state index >= 15 is 0 Å². The molecule has 2 heterocycles. The molecule has 0 fully saturated rings. The van der Waals surface area contributed by atoms with Crippen molar-refractivity contribution in [1.82, 2.24) is 4.98 Å². The summed E-state index contributed by atoms with van der Waals surface area (Å²) in [6.07, 6.45) is 0. The normalized spacial score (nSPS) is 12.8. The van der Waals surface area contributed by atoms with Crippen molar-refractivity contribution in [3.63, 3.8) is 0 Å². The van der Waals surface area contributed by atoms with Gasteiger partial charge in [-0.3, -0.25) is 0 Å². The second-order valence-corrected chi connectivity index (χ2v) is 5.60. The maximum absolute atomic E-state index is 5.55. The van der Waals surface area contributed by atoms with Gasteiger partial charge in [0, 0.05) is 10.4 Å². The summed E-state index contributed by atoms with van der Waals surface area (Å²) in [5, 5.41) is 4.40. The average molecular weight is 250 g/mol. The third-order valence-corrected chi connectivity index (χ3v) is 3.92. The predicted molar refractivity (Wildman–Crippen MR) is 71.8 cm³/mol. The maximum atomic E-state index is 5.55. The SMILES string of the molecule is Cc1cc(C(C)Nc2nc(C)c(C)s2)c(C)o1. The molecule has 2 rings (SSSR count). The van der Waals surface area contributed by atoms with Crippen molar-refractivity contribution < 1.29 is 4.42 Å². The van der Waals surface area contributed by atoms with E-state index < -0.39 is 0 Å². The van der Waals surface area contributed by atoms with Crippen molar-refractivity contribution >= 4 is 16.5 Å². The zero-order valence-corrected chi connectivity index (χ0v) is 11.7. The van der Waals surface area contributed by atoms with Crippen molar-refractivity contribution in [3.8, 4) is 0 Å². The average Bonchev–Trinajstić information content (AvgIpc) is 2.71. The fourth-order valence-corrected chi connectivity index (χ4v) is 2.78. The number of hydrogen-bond acceptors (Lipinski definition) is 4. The van der Waals surface area contributed by atoms with Crippen LogP contribution in [-0.2, 0) is 0 Å². The monoisotopic (exact) mass is 250 g/mol. The van der Waals surface area contributed by atoms with E-state index in [4.69, 9.17) is 4.42 Å². The van der Waals surface area contributed by atoms with Gasteiger partial charge in [-0.25, -0.2) is 4.98 Å². The molecule has 2 aromatic heterocycles. The summed E-state index contributed by atoms with van der Waals surface area (Å²) in [4.78, 5) is 5.75. The highest BCUT2D eigenvalue weighted by Gasteiger charge is 2.14. The second-order valence-electron chi connectivity index (χ2n) is 4.40. The highest BCUT2D eigenvalue weighted by Crippen LogP contribution is 2.28. The number of furan rings is 1. The number of nitrogens with one attached hydrogen (secondary N) is 1. The maximum Gasteiger partial charge on any atom is 0.183 e. The number of hydrogen-bond donors (Lipinski definition) is 1. The van der Waals surface area contributed by atoms with Gasteiger partial charge in [0.1, 0.15) is 11.5 Å². The Morgan fingerprint density at radius 3 is 2.47 bits per heavy atom. The molecule has 1 unspecified atom stereocenters. The summed E-state index contributed by atoms with van der Waals surface area (Å²) < 4.78 is 5.55. The van der Waals surface area contributed by atoms with Crippen molar-refractivity contribution in [2.45, 2.75) is 40.7 Å². The number of nitrogens with zero attached hydrogens (tertiary/aromatic N) is 1. The van der Waals surface area contributed by atoms with Crippen molar-refractivity contribution in [1.29, 1.82) is 0 Å². The van der Waals surface area contributed by atoms with Crippen LogP contribution in [0.3, 0.4) is 0 Å². The summed E-state index contributed by atoms with van der Waals surface area (Å²) in [7, 11) is 0. The Hall–Kier alpha value is -1.29. The van der Waals surface area contributed by atoms with Gasteiger partial charge >= 0.3 is 0 Å². The van der Waals surface area contributed by atoms with Crippen molar-refractivity contribution in [3.05, 3.63) is 33.7 Å². The second kappa shape index (κ2) is 4.53. The predicted octanol–water partition coefficient (Wildman–Crippen LogP) is 4.14. The summed E-state index contributed by atoms with van der Waals surface area (Å²) in [5.41, 5.74) is 2.30. The zero-order valence-electron chi connectivity index (χ0n) is 10.9. The Labute approximate surface area is 106 Å². The van der Waals surface area contributed by atoms with Crippen LogP contribution in [0.2, 0.25) is 0 Å². The largest absolute Gasteiger partial charge is 0.466 e. The van der Waals surface area contributed by atoms with Gasteiger partial charge in [-0.1, -0.05) is 0 Å². The Morgan fingerprint density at radius 1 is 1.29 bits per heavy atom. The van der Waals surface area contributed by atoms with Crippen molar-refractivity contribution in [2.75, 3.05) is 5.32 Å². The van der Waals surface area contributed by atoms with Gasteiger partial charge in [-0.15, -0.1) is 11.3 Å². The van der Waals surface area contributed by atoms with Gasteiger partial charge in [0.05, 0.1) is 11.7 Å². The van der Waals surface area contributed by atoms with Crippen LogP contribution in [0.1, 0.15) is 40.6 Å². The van der Waals surface area contributed by atoms with E-state index in [0.717, 1.165) is 22.3 Å². The lowest BCUT2D eigenvalue weighted by Gasteiger charge is -2.11. The lowest BCUT2D eigenvalue weighted by atomic mass is 10.1. The van der Waals surface area contributed by atoms with E-state index in [2.05, 4.69) is 30.2 Å². The first-order valence-electron chi connectivity index (χ1n) is 5.75.